The Morgan fingerprint density at radius 2 is 1.93 bits per heavy atom. The number of halogens is 1. The highest BCUT2D eigenvalue weighted by Crippen LogP contribution is 2.38. The van der Waals surface area contributed by atoms with Gasteiger partial charge in [-0.25, -0.2) is 4.79 Å². The van der Waals surface area contributed by atoms with Crippen molar-refractivity contribution in [1.29, 1.82) is 0 Å². The van der Waals surface area contributed by atoms with Crippen molar-refractivity contribution in [3.8, 4) is 0 Å². The van der Waals surface area contributed by atoms with E-state index in [9.17, 15) is 9.59 Å². The Morgan fingerprint density at radius 1 is 1.22 bits per heavy atom. The molecule has 0 saturated carbocycles. The fourth-order valence-electron chi connectivity index (χ4n) is 2.98. The summed E-state index contributed by atoms with van der Waals surface area (Å²) in [6.45, 7) is 2.10. The topological polar surface area (TPSA) is 67.4 Å². The summed E-state index contributed by atoms with van der Waals surface area (Å²) < 4.78 is 6.12. The molecule has 0 aliphatic heterocycles. The zero-order valence-corrected chi connectivity index (χ0v) is 18.0. The van der Waals surface area contributed by atoms with Gasteiger partial charge in [-0.2, -0.15) is 0 Å². The van der Waals surface area contributed by atoms with Gasteiger partial charge in [0.05, 0.1) is 12.2 Å². The van der Waals surface area contributed by atoms with Crippen LogP contribution in [-0.2, 0) is 17.6 Å². The number of carbonyl (C=O) groups is 2. The first kappa shape index (κ1) is 20.0. The van der Waals surface area contributed by atoms with Gasteiger partial charge in [0.25, 0.3) is 5.91 Å². The molecule has 1 aliphatic carbocycles. The molecule has 2 aromatic rings. The molecule has 1 aromatic heterocycles. The van der Waals surface area contributed by atoms with E-state index < -0.39 is 0 Å². The molecule has 142 valence electrons. The summed E-state index contributed by atoms with van der Waals surface area (Å²) in [4.78, 5) is 26.0. The third-order valence-electron chi connectivity index (χ3n) is 4.21. The molecule has 8 heteroatoms. The predicted octanol–water partition coefficient (Wildman–Crippen LogP) is 4.69. The lowest BCUT2D eigenvalue weighted by Crippen LogP contribution is -2.34. The van der Waals surface area contributed by atoms with Crippen molar-refractivity contribution in [1.82, 2.24) is 5.32 Å². The van der Waals surface area contributed by atoms with E-state index in [1.807, 2.05) is 0 Å². The molecule has 0 fully saturated rings. The summed E-state index contributed by atoms with van der Waals surface area (Å²) >= 11 is 10.1. The fourth-order valence-corrected chi connectivity index (χ4v) is 4.79. The SMILES string of the molecule is CCOC(=O)c1c(NC(=S)NC(=O)c2ccc(Br)cc2)sc2c1CCCC2. The highest BCUT2D eigenvalue weighted by Gasteiger charge is 2.27. The van der Waals surface area contributed by atoms with E-state index in [0.29, 0.717) is 22.7 Å². The minimum Gasteiger partial charge on any atom is -0.462 e. The molecule has 2 N–H and O–H groups in total. The maximum absolute atomic E-state index is 12.5. The molecule has 0 atom stereocenters. The maximum atomic E-state index is 12.5. The molecule has 0 saturated heterocycles. The van der Waals surface area contributed by atoms with Crippen LogP contribution in [0.3, 0.4) is 0 Å². The number of thiophene rings is 1. The summed E-state index contributed by atoms with van der Waals surface area (Å²) in [5, 5.41) is 6.49. The Hall–Kier alpha value is -1.77. The van der Waals surface area contributed by atoms with E-state index in [-0.39, 0.29) is 17.0 Å². The molecule has 1 aliphatic rings. The Kier molecular flexibility index (Phi) is 6.62. The number of rotatable bonds is 4. The van der Waals surface area contributed by atoms with Crippen molar-refractivity contribution in [3.63, 3.8) is 0 Å². The zero-order chi connectivity index (χ0) is 19.4. The number of fused-ring (bicyclic) bond motifs is 1. The second-order valence-electron chi connectivity index (χ2n) is 6.05. The number of ether oxygens (including phenoxy) is 1. The smallest absolute Gasteiger partial charge is 0.341 e. The third kappa shape index (κ3) is 4.75. The maximum Gasteiger partial charge on any atom is 0.341 e. The summed E-state index contributed by atoms with van der Waals surface area (Å²) in [6.07, 6.45) is 3.98. The van der Waals surface area contributed by atoms with E-state index in [4.69, 9.17) is 17.0 Å². The van der Waals surface area contributed by atoms with Crippen molar-refractivity contribution in [2.24, 2.45) is 0 Å². The summed E-state index contributed by atoms with van der Waals surface area (Å²) in [5.74, 6) is -0.652. The molecular formula is C19H19BrN2O3S2. The van der Waals surface area contributed by atoms with Gasteiger partial charge in [0.1, 0.15) is 5.00 Å². The first-order valence-corrected chi connectivity index (χ1v) is 10.7. The number of carbonyl (C=O) groups excluding carboxylic acids is 2. The summed E-state index contributed by atoms with van der Waals surface area (Å²) in [7, 11) is 0. The molecule has 0 spiro atoms. The number of thiocarbonyl (C=S) groups is 1. The number of nitrogens with one attached hydrogen (secondary N) is 2. The lowest BCUT2D eigenvalue weighted by molar-refractivity contribution is 0.0526. The van der Waals surface area contributed by atoms with Crippen molar-refractivity contribution in [2.45, 2.75) is 32.6 Å². The van der Waals surface area contributed by atoms with Gasteiger partial charge in [-0.05, 0) is 74.7 Å². The summed E-state index contributed by atoms with van der Waals surface area (Å²) in [5.41, 5.74) is 2.10. The predicted molar refractivity (Wildman–Crippen MR) is 115 cm³/mol. The molecular weight excluding hydrogens is 448 g/mol. The van der Waals surface area contributed by atoms with E-state index in [0.717, 1.165) is 35.7 Å². The van der Waals surface area contributed by atoms with Crippen molar-refractivity contribution in [2.75, 3.05) is 11.9 Å². The number of esters is 1. The van der Waals surface area contributed by atoms with Crippen molar-refractivity contribution < 1.29 is 14.3 Å². The average molecular weight is 467 g/mol. The lowest BCUT2D eigenvalue weighted by atomic mass is 9.95. The zero-order valence-electron chi connectivity index (χ0n) is 14.8. The number of hydrogen-bond acceptors (Lipinski definition) is 5. The van der Waals surface area contributed by atoms with Crippen LogP contribution in [-0.4, -0.2) is 23.6 Å². The molecule has 1 heterocycles. The van der Waals surface area contributed by atoms with E-state index in [1.165, 1.54) is 16.2 Å². The molecule has 3 rings (SSSR count). The van der Waals surface area contributed by atoms with Gasteiger partial charge >= 0.3 is 5.97 Å². The van der Waals surface area contributed by atoms with Gasteiger partial charge in [-0.1, -0.05) is 15.9 Å². The Labute approximate surface area is 175 Å². The quantitative estimate of drug-likeness (QED) is 0.505. The van der Waals surface area contributed by atoms with Crippen LogP contribution < -0.4 is 10.6 Å². The Balaban J connectivity index is 1.77. The molecule has 5 nitrogen and oxygen atoms in total. The number of amides is 1. The molecule has 1 amide bonds. The van der Waals surface area contributed by atoms with E-state index in [2.05, 4.69) is 26.6 Å². The van der Waals surface area contributed by atoms with Crippen LogP contribution in [0.5, 0.6) is 0 Å². The standard InChI is InChI=1S/C19H19BrN2O3S2/c1-2-25-18(24)15-13-5-3-4-6-14(13)27-17(15)22-19(26)21-16(23)11-7-9-12(20)10-8-11/h7-10H,2-6H2,1H3,(H2,21,22,23,26). The monoisotopic (exact) mass is 466 g/mol. The van der Waals surface area contributed by atoms with Gasteiger partial charge in [-0.3, -0.25) is 10.1 Å². The normalized spacial score (nSPS) is 12.8. The van der Waals surface area contributed by atoms with Gasteiger partial charge in [0.2, 0.25) is 0 Å². The van der Waals surface area contributed by atoms with Crippen LogP contribution in [0.2, 0.25) is 0 Å². The number of anilines is 1. The second kappa shape index (κ2) is 8.95. The van der Waals surface area contributed by atoms with E-state index in [1.54, 1.807) is 31.2 Å². The molecule has 0 unspecified atom stereocenters. The highest BCUT2D eigenvalue weighted by molar-refractivity contribution is 9.10. The first-order valence-electron chi connectivity index (χ1n) is 8.69. The summed E-state index contributed by atoms with van der Waals surface area (Å²) in [6, 6.07) is 6.99. The number of benzene rings is 1. The third-order valence-corrected chi connectivity index (χ3v) is 6.15. The van der Waals surface area contributed by atoms with Gasteiger partial charge in [-0.15, -0.1) is 11.3 Å². The van der Waals surface area contributed by atoms with Crippen LogP contribution in [0.1, 0.15) is 50.9 Å². The largest absolute Gasteiger partial charge is 0.462 e. The Bertz CT molecular complexity index is 878. The van der Waals surface area contributed by atoms with Crippen LogP contribution in [0.25, 0.3) is 0 Å². The van der Waals surface area contributed by atoms with Crippen LogP contribution in [0.15, 0.2) is 28.7 Å². The van der Waals surface area contributed by atoms with Gasteiger partial charge < -0.3 is 10.1 Å². The lowest BCUT2D eigenvalue weighted by Gasteiger charge is -2.13. The Morgan fingerprint density at radius 3 is 2.63 bits per heavy atom. The molecule has 0 bridgehead atoms. The average Bonchev–Trinajstić information content (AvgIpc) is 3.00. The van der Waals surface area contributed by atoms with E-state index >= 15 is 0 Å². The first-order chi connectivity index (χ1) is 13.0. The molecule has 27 heavy (non-hydrogen) atoms. The number of aryl methyl sites for hydroxylation is 1. The minimum absolute atomic E-state index is 0.159. The van der Waals surface area contributed by atoms with Gasteiger partial charge in [0, 0.05) is 14.9 Å². The molecule has 0 radical (unpaired) electrons. The molecule has 1 aromatic carbocycles. The van der Waals surface area contributed by atoms with Crippen LogP contribution in [0, 0.1) is 0 Å². The van der Waals surface area contributed by atoms with Gasteiger partial charge in [0.15, 0.2) is 5.11 Å². The number of hydrogen-bond donors (Lipinski definition) is 2. The second-order valence-corrected chi connectivity index (χ2v) is 8.48. The highest BCUT2D eigenvalue weighted by atomic mass is 79.9. The minimum atomic E-state index is -0.346. The van der Waals surface area contributed by atoms with Crippen LogP contribution in [0.4, 0.5) is 5.00 Å². The van der Waals surface area contributed by atoms with Crippen molar-refractivity contribution >= 4 is 61.5 Å². The van der Waals surface area contributed by atoms with Crippen LogP contribution >= 0.6 is 39.5 Å². The van der Waals surface area contributed by atoms with Crippen molar-refractivity contribution in [3.05, 3.63) is 50.3 Å². The fraction of sp³-hybridized carbons (Fsp3) is 0.316.